The molecular weight excluding hydrogens is 379 g/mol. The summed E-state index contributed by atoms with van der Waals surface area (Å²) >= 11 is 6.44. The molecule has 9 heteroatoms. The van der Waals surface area contributed by atoms with Gasteiger partial charge in [0.1, 0.15) is 4.32 Å². The van der Waals surface area contributed by atoms with Crippen molar-refractivity contribution in [1.29, 1.82) is 0 Å². The molecule has 0 spiro atoms. The van der Waals surface area contributed by atoms with Crippen LogP contribution in [0.5, 0.6) is 0 Å². The highest BCUT2D eigenvalue weighted by Crippen LogP contribution is 2.51. The second-order valence-corrected chi connectivity index (χ2v) is 8.96. The van der Waals surface area contributed by atoms with Gasteiger partial charge in [-0.25, -0.2) is 0 Å². The van der Waals surface area contributed by atoms with Crippen molar-refractivity contribution in [2.75, 3.05) is 38.4 Å². The van der Waals surface area contributed by atoms with Gasteiger partial charge in [0.05, 0.1) is 25.1 Å². The predicted molar refractivity (Wildman–Crippen MR) is 108 cm³/mol. The molecule has 0 unspecified atom stereocenters. The average Bonchev–Trinajstić information content (AvgIpc) is 2.54. The summed E-state index contributed by atoms with van der Waals surface area (Å²) in [5.41, 5.74) is 1.50. The van der Waals surface area contributed by atoms with E-state index in [9.17, 15) is 9.36 Å². The first-order valence-electron chi connectivity index (χ1n) is 7.90. The largest absolute Gasteiger partial charge is 0.364 e. The third-order valence-electron chi connectivity index (χ3n) is 2.96. The van der Waals surface area contributed by atoms with Gasteiger partial charge in [0.2, 0.25) is 5.91 Å². The Morgan fingerprint density at radius 2 is 1.76 bits per heavy atom. The highest BCUT2D eigenvalue weighted by atomic mass is 32.2. The first kappa shape index (κ1) is 22.1. The number of thioether (sulfide) groups is 1. The van der Waals surface area contributed by atoms with E-state index < -0.39 is 7.60 Å². The zero-order valence-electron chi connectivity index (χ0n) is 15.0. The third-order valence-corrected chi connectivity index (χ3v) is 6.75. The van der Waals surface area contributed by atoms with Crippen molar-refractivity contribution >= 4 is 47.5 Å². The number of hydrogen-bond donors (Lipinski definition) is 1. The quantitative estimate of drug-likeness (QED) is 0.493. The molecule has 0 atom stereocenters. The summed E-state index contributed by atoms with van der Waals surface area (Å²) in [6.07, 6.45) is 0.204. The zero-order valence-corrected chi connectivity index (χ0v) is 17.5. The molecule has 0 heterocycles. The number of benzene rings is 1. The van der Waals surface area contributed by atoms with Gasteiger partial charge in [-0.3, -0.25) is 9.36 Å². The van der Waals surface area contributed by atoms with Crippen LogP contribution in [0.3, 0.4) is 0 Å². The summed E-state index contributed by atoms with van der Waals surface area (Å²) in [6.45, 7) is 4.23. The molecule has 0 saturated carbocycles. The van der Waals surface area contributed by atoms with Gasteiger partial charge >= 0.3 is 7.60 Å². The van der Waals surface area contributed by atoms with E-state index in [0.29, 0.717) is 23.2 Å². The number of rotatable bonds is 9. The van der Waals surface area contributed by atoms with Gasteiger partial charge in [0, 0.05) is 19.8 Å². The number of nitrogens with zero attached hydrogens (tertiary/aromatic N) is 1. The number of hydrogen-bond acceptors (Lipinski definition) is 6. The Morgan fingerprint density at radius 3 is 2.24 bits per heavy atom. The maximum atomic E-state index is 12.5. The van der Waals surface area contributed by atoms with Crippen molar-refractivity contribution in [2.24, 2.45) is 0 Å². The van der Waals surface area contributed by atoms with Crippen LogP contribution in [-0.2, 0) is 24.6 Å². The molecule has 140 valence electrons. The number of nitrogens with one attached hydrogen (secondary N) is 1. The van der Waals surface area contributed by atoms with Crippen molar-refractivity contribution in [2.45, 2.75) is 20.0 Å². The van der Waals surface area contributed by atoms with Crippen LogP contribution in [0.2, 0.25) is 0 Å². The lowest BCUT2D eigenvalue weighted by Crippen LogP contribution is -2.20. The normalized spacial score (nSPS) is 11.2. The average molecular weight is 404 g/mol. The molecule has 0 saturated heterocycles. The van der Waals surface area contributed by atoms with Gasteiger partial charge in [-0.2, -0.15) is 0 Å². The van der Waals surface area contributed by atoms with Gasteiger partial charge in [-0.1, -0.05) is 36.1 Å². The molecule has 0 aliphatic rings. The van der Waals surface area contributed by atoms with E-state index >= 15 is 0 Å². The Bertz CT molecular complexity index is 613. The van der Waals surface area contributed by atoms with Crippen LogP contribution in [0.4, 0.5) is 5.69 Å². The number of thiocarbonyl (C=S) groups is 1. The summed E-state index contributed by atoms with van der Waals surface area (Å²) < 4.78 is 23.8. The Labute approximate surface area is 159 Å². The second kappa shape index (κ2) is 10.9. The smallest absolute Gasteiger partial charge is 0.335 e. The summed E-state index contributed by atoms with van der Waals surface area (Å²) in [5, 5.41) is 2.81. The van der Waals surface area contributed by atoms with Crippen LogP contribution in [0.25, 0.3) is 0 Å². The van der Waals surface area contributed by atoms with Crippen LogP contribution in [-0.4, -0.2) is 48.2 Å². The zero-order chi connectivity index (χ0) is 18.9. The fourth-order valence-electron chi connectivity index (χ4n) is 1.89. The standard InChI is InChI=1S/C16H25N2O4PS2/c1-5-21-23(20,22-6-2)11-13-7-9-14(10-8-13)17-15(19)12-25-16(24)18(3)4/h7-10H,5-6,11-12H2,1-4H3,(H,17,19). The third kappa shape index (κ3) is 8.33. The van der Waals surface area contributed by atoms with E-state index in [0.717, 1.165) is 5.56 Å². The number of amides is 1. The molecular formula is C16H25N2O4PS2. The van der Waals surface area contributed by atoms with Crippen molar-refractivity contribution in [1.82, 2.24) is 4.90 Å². The molecule has 0 aliphatic heterocycles. The first-order chi connectivity index (χ1) is 11.8. The molecule has 6 nitrogen and oxygen atoms in total. The van der Waals surface area contributed by atoms with Crippen LogP contribution >= 0.6 is 31.6 Å². The van der Waals surface area contributed by atoms with E-state index in [1.807, 2.05) is 14.1 Å². The molecule has 0 radical (unpaired) electrons. The SMILES string of the molecule is CCOP(=O)(Cc1ccc(NC(=O)CSC(=S)N(C)C)cc1)OCC. The van der Waals surface area contributed by atoms with E-state index in [2.05, 4.69) is 5.32 Å². The minimum Gasteiger partial charge on any atom is -0.364 e. The molecule has 0 fully saturated rings. The molecule has 0 bridgehead atoms. The summed E-state index contributed by atoms with van der Waals surface area (Å²) in [6, 6.07) is 7.14. The van der Waals surface area contributed by atoms with E-state index in [-0.39, 0.29) is 17.8 Å². The van der Waals surface area contributed by atoms with E-state index in [1.54, 1.807) is 43.0 Å². The molecule has 1 N–H and O–H groups in total. The fraction of sp³-hybridized carbons (Fsp3) is 0.500. The highest BCUT2D eigenvalue weighted by Gasteiger charge is 2.23. The number of carbonyl (C=O) groups is 1. The van der Waals surface area contributed by atoms with Gasteiger partial charge in [-0.05, 0) is 31.5 Å². The molecule has 0 aromatic heterocycles. The van der Waals surface area contributed by atoms with E-state index in [4.69, 9.17) is 21.3 Å². The second-order valence-electron chi connectivity index (χ2n) is 5.30. The lowest BCUT2D eigenvalue weighted by Gasteiger charge is -2.17. The van der Waals surface area contributed by atoms with Crippen LogP contribution in [0, 0.1) is 0 Å². The summed E-state index contributed by atoms with van der Waals surface area (Å²) in [5.74, 6) is 0.124. The Balaban J connectivity index is 2.59. The van der Waals surface area contributed by atoms with Gasteiger partial charge in [0.25, 0.3) is 0 Å². The predicted octanol–water partition coefficient (Wildman–Crippen LogP) is 3.97. The maximum Gasteiger partial charge on any atom is 0.335 e. The van der Waals surface area contributed by atoms with Crippen molar-refractivity contribution in [3.63, 3.8) is 0 Å². The molecule has 0 aliphatic carbocycles. The number of anilines is 1. The Hall–Kier alpha value is -0.920. The van der Waals surface area contributed by atoms with Gasteiger partial charge < -0.3 is 19.3 Å². The molecule has 25 heavy (non-hydrogen) atoms. The summed E-state index contributed by atoms with van der Waals surface area (Å²) in [7, 11) is 0.560. The first-order valence-corrected chi connectivity index (χ1v) is 11.0. The number of carbonyl (C=O) groups excluding carboxylic acids is 1. The van der Waals surface area contributed by atoms with Crippen molar-refractivity contribution in [3.8, 4) is 0 Å². The monoisotopic (exact) mass is 404 g/mol. The highest BCUT2D eigenvalue weighted by molar-refractivity contribution is 8.23. The lowest BCUT2D eigenvalue weighted by atomic mass is 10.2. The minimum atomic E-state index is -3.12. The lowest BCUT2D eigenvalue weighted by molar-refractivity contribution is -0.113. The molecule has 1 rings (SSSR count). The van der Waals surface area contributed by atoms with Gasteiger partial charge in [-0.15, -0.1) is 0 Å². The van der Waals surface area contributed by atoms with Crippen LogP contribution in [0.15, 0.2) is 24.3 Å². The van der Waals surface area contributed by atoms with Crippen molar-refractivity contribution < 1.29 is 18.4 Å². The molecule has 1 aromatic rings. The molecule has 1 amide bonds. The van der Waals surface area contributed by atoms with Crippen molar-refractivity contribution in [3.05, 3.63) is 29.8 Å². The maximum absolute atomic E-state index is 12.5. The Morgan fingerprint density at radius 1 is 1.20 bits per heavy atom. The van der Waals surface area contributed by atoms with Crippen LogP contribution in [0.1, 0.15) is 19.4 Å². The van der Waals surface area contributed by atoms with Gasteiger partial charge in [0.15, 0.2) is 0 Å². The molecule has 1 aromatic carbocycles. The van der Waals surface area contributed by atoms with E-state index in [1.165, 1.54) is 11.8 Å². The minimum absolute atomic E-state index is 0.128. The Kier molecular flexibility index (Phi) is 9.67. The summed E-state index contributed by atoms with van der Waals surface area (Å²) in [4.78, 5) is 13.7. The fourth-order valence-corrected chi connectivity index (χ4v) is 4.36. The topological polar surface area (TPSA) is 67.9 Å². The van der Waals surface area contributed by atoms with Crippen LogP contribution < -0.4 is 5.32 Å².